The third-order valence-corrected chi connectivity index (χ3v) is 5.04. The lowest BCUT2D eigenvalue weighted by molar-refractivity contribution is -0.384. The van der Waals surface area contributed by atoms with E-state index in [4.69, 9.17) is 11.6 Å². The van der Waals surface area contributed by atoms with E-state index in [1.165, 1.54) is 0 Å². The van der Waals surface area contributed by atoms with Gasteiger partial charge in [-0.15, -0.1) is 0 Å². The van der Waals surface area contributed by atoms with Crippen LogP contribution in [0.25, 0.3) is 0 Å². The van der Waals surface area contributed by atoms with Crippen LogP contribution in [0.15, 0.2) is 23.1 Å². The number of hydrogen-bond acceptors (Lipinski definition) is 6. The molecule has 2 rings (SSSR count). The fraction of sp³-hybridized carbons (Fsp3) is 0.300. The van der Waals surface area contributed by atoms with Gasteiger partial charge in [-0.25, -0.2) is 12.7 Å². The highest BCUT2D eigenvalue weighted by Crippen LogP contribution is 2.28. The summed E-state index contributed by atoms with van der Waals surface area (Å²) in [6.07, 6.45) is 0. The van der Waals surface area contributed by atoms with Crippen LogP contribution in [-0.2, 0) is 14.8 Å². The first-order valence-electron chi connectivity index (χ1n) is 5.54. The van der Waals surface area contributed by atoms with Crippen molar-refractivity contribution >= 4 is 33.2 Å². The third kappa shape index (κ3) is 2.60. The summed E-state index contributed by atoms with van der Waals surface area (Å²) in [5.74, 6) is -0.592. The molecular formula is C10H10ClN3O5S. The lowest BCUT2D eigenvalue weighted by Crippen LogP contribution is -2.50. The summed E-state index contributed by atoms with van der Waals surface area (Å²) in [4.78, 5) is 21.2. The first-order chi connectivity index (χ1) is 9.34. The van der Waals surface area contributed by atoms with Gasteiger partial charge in [-0.2, -0.15) is 0 Å². The molecule has 0 radical (unpaired) electrons. The molecule has 1 fully saturated rings. The Morgan fingerprint density at radius 2 is 2.10 bits per heavy atom. The summed E-state index contributed by atoms with van der Waals surface area (Å²) in [6.45, 7) is 0.258. The van der Waals surface area contributed by atoms with Gasteiger partial charge in [0.05, 0.1) is 16.5 Å². The predicted molar refractivity (Wildman–Crippen MR) is 69.9 cm³/mol. The van der Waals surface area contributed by atoms with Gasteiger partial charge in [-0.05, 0) is 6.07 Å². The van der Waals surface area contributed by atoms with Crippen LogP contribution in [0, 0.1) is 10.1 Å². The van der Waals surface area contributed by atoms with E-state index in [9.17, 15) is 23.3 Å². The Morgan fingerprint density at radius 3 is 2.65 bits per heavy atom. The molecule has 10 heteroatoms. The van der Waals surface area contributed by atoms with Crippen LogP contribution in [0.5, 0.6) is 0 Å². The van der Waals surface area contributed by atoms with E-state index < -0.39 is 20.9 Å². The normalized spacial score (nSPS) is 16.2. The van der Waals surface area contributed by atoms with Crippen molar-refractivity contribution in [2.75, 3.05) is 19.6 Å². The van der Waals surface area contributed by atoms with Gasteiger partial charge in [0, 0.05) is 25.2 Å². The number of carbonyl (C=O) groups is 1. The molecule has 1 heterocycles. The molecule has 0 spiro atoms. The topological polar surface area (TPSA) is 110 Å². The van der Waals surface area contributed by atoms with Crippen molar-refractivity contribution in [3.05, 3.63) is 33.3 Å². The molecule has 20 heavy (non-hydrogen) atoms. The Labute approximate surface area is 119 Å². The zero-order valence-electron chi connectivity index (χ0n) is 10.1. The highest BCUT2D eigenvalue weighted by molar-refractivity contribution is 7.89. The van der Waals surface area contributed by atoms with Gasteiger partial charge in [0.1, 0.15) is 4.90 Å². The monoisotopic (exact) mass is 319 g/mol. The van der Waals surface area contributed by atoms with Crippen molar-refractivity contribution in [2.45, 2.75) is 4.90 Å². The van der Waals surface area contributed by atoms with E-state index in [1.54, 1.807) is 0 Å². The summed E-state index contributed by atoms with van der Waals surface area (Å²) in [5, 5.41) is 13.1. The van der Waals surface area contributed by atoms with Crippen molar-refractivity contribution in [3.8, 4) is 0 Å². The van der Waals surface area contributed by atoms with Gasteiger partial charge in [0.25, 0.3) is 15.7 Å². The molecule has 1 aromatic rings. The van der Waals surface area contributed by atoms with Crippen molar-refractivity contribution in [1.29, 1.82) is 0 Å². The van der Waals surface area contributed by atoms with Gasteiger partial charge in [-0.1, -0.05) is 11.6 Å². The van der Waals surface area contributed by atoms with Crippen LogP contribution in [0.3, 0.4) is 0 Å². The Hall–Kier alpha value is -1.71. The summed E-state index contributed by atoms with van der Waals surface area (Å²) >= 11 is 5.79. The average Bonchev–Trinajstić information content (AvgIpc) is 2.38. The molecule has 0 unspecified atom stereocenters. The fourth-order valence-corrected chi connectivity index (χ4v) is 3.69. The maximum absolute atomic E-state index is 12.3. The molecule has 108 valence electrons. The van der Waals surface area contributed by atoms with E-state index in [1.807, 2.05) is 0 Å². The fourth-order valence-electron chi connectivity index (χ4n) is 1.77. The third-order valence-electron chi connectivity index (χ3n) is 2.74. The van der Waals surface area contributed by atoms with Gasteiger partial charge >= 0.3 is 0 Å². The molecule has 1 saturated heterocycles. The van der Waals surface area contributed by atoms with Crippen LogP contribution < -0.4 is 5.32 Å². The quantitative estimate of drug-likeness (QED) is 0.636. The van der Waals surface area contributed by atoms with Crippen LogP contribution >= 0.6 is 11.6 Å². The van der Waals surface area contributed by atoms with E-state index in [0.717, 1.165) is 22.5 Å². The smallest absolute Gasteiger partial charge is 0.271 e. The molecule has 1 aliphatic heterocycles. The van der Waals surface area contributed by atoms with E-state index in [-0.39, 0.29) is 28.7 Å². The number of nitrogens with one attached hydrogen (secondary N) is 1. The zero-order valence-corrected chi connectivity index (χ0v) is 11.6. The molecule has 1 N–H and O–H groups in total. The van der Waals surface area contributed by atoms with Crippen molar-refractivity contribution in [3.63, 3.8) is 0 Å². The summed E-state index contributed by atoms with van der Waals surface area (Å²) in [6, 6.07) is 3.01. The van der Waals surface area contributed by atoms with Crippen LogP contribution in [-0.4, -0.2) is 43.2 Å². The largest absolute Gasteiger partial charge is 0.307 e. The highest BCUT2D eigenvalue weighted by Gasteiger charge is 2.33. The second kappa shape index (κ2) is 5.35. The van der Waals surface area contributed by atoms with Crippen LogP contribution in [0.4, 0.5) is 5.69 Å². The van der Waals surface area contributed by atoms with Crippen molar-refractivity contribution in [2.24, 2.45) is 0 Å². The highest BCUT2D eigenvalue weighted by atomic mass is 35.5. The SMILES string of the molecule is O=C1CNCCN1S(=O)(=O)c1ccc([N+](=O)[O-])cc1Cl. The summed E-state index contributed by atoms with van der Waals surface area (Å²) in [5.41, 5.74) is -0.319. The second-order valence-corrected chi connectivity index (χ2v) is 6.26. The van der Waals surface area contributed by atoms with Gasteiger partial charge in [0.15, 0.2) is 0 Å². The Morgan fingerprint density at radius 1 is 1.40 bits per heavy atom. The first kappa shape index (κ1) is 14.7. The average molecular weight is 320 g/mol. The minimum Gasteiger partial charge on any atom is -0.307 e. The van der Waals surface area contributed by atoms with E-state index in [2.05, 4.69) is 5.32 Å². The molecule has 0 aromatic heterocycles. The Bertz CT molecular complexity index is 675. The van der Waals surface area contributed by atoms with E-state index >= 15 is 0 Å². The van der Waals surface area contributed by atoms with Crippen molar-refractivity contribution < 1.29 is 18.1 Å². The van der Waals surface area contributed by atoms with Gasteiger partial charge < -0.3 is 5.32 Å². The second-order valence-electron chi connectivity index (χ2n) is 4.02. The maximum Gasteiger partial charge on any atom is 0.271 e. The number of amides is 1. The minimum absolute atomic E-state index is 0.00547. The number of hydrogen-bond donors (Lipinski definition) is 1. The molecular weight excluding hydrogens is 310 g/mol. The van der Waals surface area contributed by atoms with Crippen molar-refractivity contribution in [1.82, 2.24) is 9.62 Å². The minimum atomic E-state index is -4.10. The Balaban J connectivity index is 2.44. The number of nitro benzene ring substituents is 1. The summed E-state index contributed by atoms with van der Waals surface area (Å²) < 4.78 is 25.4. The molecule has 1 aromatic carbocycles. The van der Waals surface area contributed by atoms with Gasteiger partial charge in [-0.3, -0.25) is 14.9 Å². The number of nitrogens with zero attached hydrogens (tertiary/aromatic N) is 2. The standard InChI is InChI=1S/C10H10ClN3O5S/c11-8-5-7(14(16)17)1-2-9(8)20(18,19)13-4-3-12-6-10(13)15/h1-2,5,12H,3-4,6H2. The first-order valence-corrected chi connectivity index (χ1v) is 7.36. The van der Waals surface area contributed by atoms with E-state index in [0.29, 0.717) is 6.54 Å². The molecule has 8 nitrogen and oxygen atoms in total. The molecule has 0 saturated carbocycles. The number of piperazine rings is 1. The van der Waals surface area contributed by atoms with Gasteiger partial charge in [0.2, 0.25) is 5.91 Å². The Kier molecular flexibility index (Phi) is 3.93. The van der Waals surface area contributed by atoms with Crippen LogP contribution in [0.2, 0.25) is 5.02 Å². The number of sulfonamides is 1. The number of carbonyl (C=O) groups excluding carboxylic acids is 1. The molecule has 0 bridgehead atoms. The summed E-state index contributed by atoms with van der Waals surface area (Å²) in [7, 11) is -4.10. The molecule has 1 aliphatic rings. The lowest BCUT2D eigenvalue weighted by Gasteiger charge is -2.26. The lowest BCUT2D eigenvalue weighted by atomic mass is 10.3. The number of non-ortho nitro benzene ring substituents is 1. The predicted octanol–water partition coefficient (Wildman–Crippen LogP) is 0.369. The molecule has 1 amide bonds. The molecule has 0 aliphatic carbocycles. The number of benzene rings is 1. The molecule has 0 atom stereocenters. The van der Waals surface area contributed by atoms with Crippen LogP contribution in [0.1, 0.15) is 0 Å². The zero-order chi connectivity index (χ0) is 14.9. The number of nitro groups is 1. The number of halogens is 1. The number of rotatable bonds is 3. The maximum atomic E-state index is 12.3.